The van der Waals surface area contributed by atoms with Gasteiger partial charge in [0.15, 0.2) is 11.5 Å². The number of carbonyl (C=O) groups is 2. The molecule has 0 heterocycles. The van der Waals surface area contributed by atoms with Crippen LogP contribution < -0.4 is 20.7 Å². The minimum atomic E-state index is -0.712. The average Bonchev–Trinajstić information content (AvgIpc) is 2.45. The van der Waals surface area contributed by atoms with Gasteiger partial charge in [0, 0.05) is 17.8 Å². The zero-order valence-corrected chi connectivity index (χ0v) is 15.8. The van der Waals surface area contributed by atoms with E-state index >= 15 is 0 Å². The van der Waals surface area contributed by atoms with E-state index in [1.54, 1.807) is 19.1 Å². The maximum Gasteiger partial charge on any atom is 0.319 e. The van der Waals surface area contributed by atoms with Gasteiger partial charge in [-0.3, -0.25) is 4.79 Å². The van der Waals surface area contributed by atoms with Crippen molar-refractivity contribution < 1.29 is 19.4 Å². The Bertz CT molecular complexity index is 621. The highest BCUT2D eigenvalue weighted by atomic mass is 16.5. The van der Waals surface area contributed by atoms with E-state index in [4.69, 9.17) is 4.74 Å². The second-order valence-electron chi connectivity index (χ2n) is 6.94. The number of aliphatic hydroxyl groups is 1. The standard InChI is InChI=1S/C18H29N3O4/c1-7-19-17(24)20-14-9-8-13(21-18(4,5)6)15(12(3)23)16(14)25-10-11(2)22/h8-9,11,21-22H,7,10H2,1-6H3,(H2,19,20,24). The molecular formula is C18H29N3O4. The first kappa shape index (κ1) is 20.8. The third-order valence-corrected chi connectivity index (χ3v) is 3.07. The van der Waals surface area contributed by atoms with Crippen molar-refractivity contribution in [3.05, 3.63) is 17.7 Å². The van der Waals surface area contributed by atoms with E-state index in [0.29, 0.717) is 23.5 Å². The lowest BCUT2D eigenvalue weighted by Gasteiger charge is -2.26. The third-order valence-electron chi connectivity index (χ3n) is 3.07. The minimum Gasteiger partial charge on any atom is -0.488 e. The van der Waals surface area contributed by atoms with E-state index in [2.05, 4.69) is 16.0 Å². The van der Waals surface area contributed by atoms with Crippen molar-refractivity contribution >= 4 is 23.2 Å². The number of aliphatic hydroxyl groups excluding tert-OH is 1. The fourth-order valence-electron chi connectivity index (χ4n) is 2.22. The van der Waals surface area contributed by atoms with E-state index in [9.17, 15) is 14.7 Å². The first-order chi connectivity index (χ1) is 11.5. The molecule has 1 atom stereocenters. The molecule has 4 N–H and O–H groups in total. The van der Waals surface area contributed by atoms with Gasteiger partial charge >= 0.3 is 6.03 Å². The number of rotatable bonds is 7. The number of Topliss-reactive ketones (excluding diaryl/α,β-unsaturated/α-hetero) is 1. The number of ether oxygens (including phenoxy) is 1. The third kappa shape index (κ3) is 6.62. The van der Waals surface area contributed by atoms with Crippen molar-refractivity contribution in [2.45, 2.75) is 53.2 Å². The van der Waals surface area contributed by atoms with Crippen LogP contribution in [0.15, 0.2) is 12.1 Å². The van der Waals surface area contributed by atoms with Crippen molar-refractivity contribution in [2.24, 2.45) is 0 Å². The Morgan fingerprint density at radius 3 is 2.32 bits per heavy atom. The van der Waals surface area contributed by atoms with Gasteiger partial charge in [-0.1, -0.05) is 0 Å². The summed E-state index contributed by atoms with van der Waals surface area (Å²) in [6.07, 6.45) is -0.712. The van der Waals surface area contributed by atoms with Gasteiger partial charge in [-0.25, -0.2) is 4.79 Å². The van der Waals surface area contributed by atoms with Crippen molar-refractivity contribution in [1.29, 1.82) is 0 Å². The first-order valence-electron chi connectivity index (χ1n) is 8.37. The largest absolute Gasteiger partial charge is 0.488 e. The van der Waals surface area contributed by atoms with Crippen LogP contribution in [-0.2, 0) is 0 Å². The fourth-order valence-corrected chi connectivity index (χ4v) is 2.22. The topological polar surface area (TPSA) is 99.7 Å². The molecule has 1 aromatic rings. The molecule has 0 aliphatic rings. The number of hydrogen-bond acceptors (Lipinski definition) is 5. The number of hydrogen-bond donors (Lipinski definition) is 4. The summed E-state index contributed by atoms with van der Waals surface area (Å²) >= 11 is 0. The van der Waals surface area contributed by atoms with E-state index in [0.717, 1.165) is 0 Å². The number of nitrogens with one attached hydrogen (secondary N) is 3. The zero-order valence-electron chi connectivity index (χ0n) is 15.8. The monoisotopic (exact) mass is 351 g/mol. The van der Waals surface area contributed by atoms with Crippen LogP contribution in [0.25, 0.3) is 0 Å². The van der Waals surface area contributed by atoms with Crippen LogP contribution in [0, 0.1) is 0 Å². The van der Waals surface area contributed by atoms with E-state index < -0.39 is 12.1 Å². The molecule has 7 nitrogen and oxygen atoms in total. The maximum atomic E-state index is 12.3. The molecule has 0 aliphatic carbocycles. The highest BCUT2D eigenvalue weighted by Gasteiger charge is 2.22. The van der Waals surface area contributed by atoms with Crippen LogP contribution in [0.3, 0.4) is 0 Å². The Balaban J connectivity index is 3.38. The van der Waals surface area contributed by atoms with E-state index in [1.165, 1.54) is 6.92 Å². The van der Waals surface area contributed by atoms with Crippen LogP contribution in [0.1, 0.15) is 51.9 Å². The molecule has 0 saturated carbocycles. The molecule has 140 valence electrons. The van der Waals surface area contributed by atoms with Crippen molar-refractivity contribution in [1.82, 2.24) is 5.32 Å². The van der Waals surface area contributed by atoms with Crippen LogP contribution >= 0.6 is 0 Å². The predicted molar refractivity (Wildman–Crippen MR) is 99.7 cm³/mol. The van der Waals surface area contributed by atoms with Crippen molar-refractivity contribution in [3.63, 3.8) is 0 Å². The summed E-state index contributed by atoms with van der Waals surface area (Å²) in [6.45, 7) is 11.2. The van der Waals surface area contributed by atoms with Crippen molar-refractivity contribution in [2.75, 3.05) is 23.8 Å². The van der Waals surface area contributed by atoms with Crippen LogP contribution in [0.4, 0.5) is 16.2 Å². The highest BCUT2D eigenvalue weighted by molar-refractivity contribution is 6.05. The van der Waals surface area contributed by atoms with E-state index in [1.807, 2.05) is 27.7 Å². The van der Waals surface area contributed by atoms with Crippen LogP contribution in [0.2, 0.25) is 0 Å². The molecule has 0 saturated heterocycles. The Labute approximate surface area is 149 Å². The molecule has 1 aromatic carbocycles. The number of anilines is 2. The number of ketones is 1. The van der Waals surface area contributed by atoms with Crippen LogP contribution in [0.5, 0.6) is 5.75 Å². The van der Waals surface area contributed by atoms with Gasteiger partial charge in [-0.05, 0) is 53.7 Å². The highest BCUT2D eigenvalue weighted by Crippen LogP contribution is 2.36. The SMILES string of the molecule is CCNC(=O)Nc1ccc(NC(C)(C)C)c(C(C)=O)c1OCC(C)O. The van der Waals surface area contributed by atoms with Gasteiger partial charge in [0.2, 0.25) is 0 Å². The number of benzene rings is 1. The van der Waals surface area contributed by atoms with E-state index in [-0.39, 0.29) is 23.7 Å². The molecule has 0 bridgehead atoms. The summed E-state index contributed by atoms with van der Waals surface area (Å²) in [7, 11) is 0. The predicted octanol–water partition coefficient (Wildman–Crippen LogP) is 3.00. The number of amides is 2. The summed E-state index contributed by atoms with van der Waals surface area (Å²) in [5.74, 6) is 0.0424. The molecule has 0 radical (unpaired) electrons. The van der Waals surface area contributed by atoms with Gasteiger partial charge in [-0.2, -0.15) is 0 Å². The summed E-state index contributed by atoms with van der Waals surface area (Å²) in [5, 5.41) is 18.1. The molecule has 1 unspecified atom stereocenters. The molecule has 1 rings (SSSR count). The second kappa shape index (κ2) is 8.71. The number of carbonyl (C=O) groups excluding carboxylic acids is 2. The molecule has 0 aromatic heterocycles. The van der Waals surface area contributed by atoms with Crippen LogP contribution in [-0.4, -0.2) is 41.7 Å². The van der Waals surface area contributed by atoms with Gasteiger partial charge in [0.25, 0.3) is 0 Å². The lowest BCUT2D eigenvalue weighted by molar-refractivity contribution is 0.0997. The fraction of sp³-hybridized carbons (Fsp3) is 0.556. The lowest BCUT2D eigenvalue weighted by atomic mass is 10.0. The maximum absolute atomic E-state index is 12.3. The first-order valence-corrected chi connectivity index (χ1v) is 8.37. The quantitative estimate of drug-likeness (QED) is 0.566. The average molecular weight is 351 g/mol. The Morgan fingerprint density at radius 2 is 1.84 bits per heavy atom. The molecule has 0 spiro atoms. The van der Waals surface area contributed by atoms with Gasteiger partial charge < -0.3 is 25.8 Å². The summed E-state index contributed by atoms with van der Waals surface area (Å²) in [6, 6.07) is 3.02. The molecule has 2 amide bonds. The summed E-state index contributed by atoms with van der Waals surface area (Å²) in [4.78, 5) is 24.1. The van der Waals surface area contributed by atoms with Crippen molar-refractivity contribution in [3.8, 4) is 5.75 Å². The summed E-state index contributed by atoms with van der Waals surface area (Å²) in [5.41, 5.74) is 1.06. The van der Waals surface area contributed by atoms with Gasteiger partial charge in [0.1, 0.15) is 6.61 Å². The molecular weight excluding hydrogens is 322 g/mol. The Kier molecular flexibility index (Phi) is 7.23. The molecule has 0 fully saturated rings. The zero-order chi connectivity index (χ0) is 19.2. The molecule has 7 heteroatoms. The Morgan fingerprint density at radius 1 is 1.24 bits per heavy atom. The second-order valence-corrected chi connectivity index (χ2v) is 6.94. The normalized spacial score (nSPS) is 12.3. The Hall–Kier alpha value is -2.28. The van der Waals surface area contributed by atoms with Gasteiger partial charge in [0.05, 0.1) is 17.4 Å². The molecule has 25 heavy (non-hydrogen) atoms. The van der Waals surface area contributed by atoms with Gasteiger partial charge in [-0.15, -0.1) is 0 Å². The minimum absolute atomic E-state index is 0.00330. The molecule has 0 aliphatic heterocycles. The summed E-state index contributed by atoms with van der Waals surface area (Å²) < 4.78 is 5.67. The smallest absolute Gasteiger partial charge is 0.319 e. The number of urea groups is 1. The lowest BCUT2D eigenvalue weighted by Crippen LogP contribution is -2.30.